The number of aromatic nitrogens is 3. The van der Waals surface area contributed by atoms with Gasteiger partial charge in [0.15, 0.2) is 0 Å². The molecule has 0 saturated carbocycles. The highest BCUT2D eigenvalue weighted by molar-refractivity contribution is 6.15. The van der Waals surface area contributed by atoms with E-state index < -0.39 is 24.0 Å². The number of benzene rings is 4. The molecule has 48 heavy (non-hydrogen) atoms. The normalized spacial score (nSPS) is 16.7. The minimum absolute atomic E-state index is 0.0463. The Bertz CT molecular complexity index is 1740. The molecule has 4 aromatic carbocycles. The average molecular weight is 645 g/mol. The topological polar surface area (TPSA) is 125 Å². The number of para-hydroxylation sites is 1. The number of hydrogen-bond acceptors (Lipinski definition) is 8. The van der Waals surface area contributed by atoms with Gasteiger partial charge in [0, 0.05) is 18.0 Å². The fourth-order valence-electron chi connectivity index (χ4n) is 6.20. The lowest BCUT2D eigenvalue weighted by Crippen LogP contribution is -2.50. The number of anilines is 1. The molecule has 0 unspecified atom stereocenters. The average Bonchev–Trinajstić information content (AvgIpc) is 3.61. The number of methoxy groups -OCH3 is 1. The number of carbonyl (C=O) groups excluding carboxylic acids is 2. The number of morpholine rings is 1. The molecule has 246 valence electrons. The van der Waals surface area contributed by atoms with Crippen molar-refractivity contribution in [3.63, 3.8) is 0 Å². The number of carbonyl (C=O) groups is 2. The van der Waals surface area contributed by atoms with Crippen LogP contribution in [-0.2, 0) is 27.2 Å². The van der Waals surface area contributed by atoms with Crippen LogP contribution >= 0.6 is 0 Å². The first-order valence-electron chi connectivity index (χ1n) is 16.2. The van der Waals surface area contributed by atoms with E-state index in [1.807, 2.05) is 114 Å². The quantitative estimate of drug-likeness (QED) is 0.201. The van der Waals surface area contributed by atoms with Gasteiger partial charge in [0.1, 0.15) is 5.69 Å². The molecule has 0 bridgehead atoms. The van der Waals surface area contributed by atoms with Crippen LogP contribution in [0.5, 0.6) is 0 Å². The van der Waals surface area contributed by atoms with Crippen molar-refractivity contribution in [3.8, 4) is 11.3 Å². The molecule has 1 aliphatic rings. The summed E-state index contributed by atoms with van der Waals surface area (Å²) in [7, 11) is 1.27. The second kappa shape index (κ2) is 15.6. The molecule has 2 amide bonds. The zero-order valence-electron chi connectivity index (χ0n) is 26.9. The Balaban J connectivity index is 1.12. The third-order valence-corrected chi connectivity index (χ3v) is 8.69. The second-order valence-electron chi connectivity index (χ2n) is 11.9. The summed E-state index contributed by atoms with van der Waals surface area (Å²) in [6, 6.07) is 35.6. The summed E-state index contributed by atoms with van der Waals surface area (Å²) in [4.78, 5) is 28.6. The molecule has 1 saturated heterocycles. The summed E-state index contributed by atoms with van der Waals surface area (Å²) < 4.78 is 13.2. The lowest BCUT2D eigenvalue weighted by molar-refractivity contribution is -0.119. The number of rotatable bonds is 11. The highest BCUT2D eigenvalue weighted by atomic mass is 16.5. The van der Waals surface area contributed by atoms with Crippen LogP contribution in [0.25, 0.3) is 11.3 Å². The summed E-state index contributed by atoms with van der Waals surface area (Å²) in [5.74, 6) is -1.02. The van der Waals surface area contributed by atoms with Crippen LogP contribution < -0.4 is 16.0 Å². The van der Waals surface area contributed by atoms with E-state index in [9.17, 15) is 9.59 Å². The number of nitrogens with two attached hydrogens (primary N) is 1. The van der Waals surface area contributed by atoms with Gasteiger partial charge in [0.05, 0.1) is 50.3 Å². The van der Waals surface area contributed by atoms with E-state index in [0.29, 0.717) is 38.2 Å². The number of aryl methyl sites for hydroxylation is 1. The molecule has 1 aliphatic heterocycles. The predicted octanol–water partition coefficient (Wildman–Crippen LogP) is 5.19. The van der Waals surface area contributed by atoms with E-state index in [2.05, 4.69) is 15.6 Å². The fourth-order valence-corrected chi connectivity index (χ4v) is 6.20. The molecule has 0 aliphatic carbocycles. The first-order valence-corrected chi connectivity index (χ1v) is 16.2. The molecule has 10 nitrogen and oxygen atoms in total. The molecule has 6 rings (SSSR count). The van der Waals surface area contributed by atoms with E-state index in [1.165, 1.54) is 7.11 Å². The summed E-state index contributed by atoms with van der Waals surface area (Å²) in [5.41, 5.74) is 11.6. The molecule has 1 fully saturated rings. The molecule has 3 atom stereocenters. The third-order valence-electron chi connectivity index (χ3n) is 8.69. The van der Waals surface area contributed by atoms with Crippen molar-refractivity contribution in [2.45, 2.75) is 43.5 Å². The van der Waals surface area contributed by atoms with Gasteiger partial charge in [0.2, 0.25) is 0 Å². The largest absolute Gasteiger partial charge is 0.452 e. The van der Waals surface area contributed by atoms with Gasteiger partial charge in [-0.05, 0) is 35.6 Å². The van der Waals surface area contributed by atoms with Crippen LogP contribution in [0.2, 0.25) is 0 Å². The van der Waals surface area contributed by atoms with Crippen LogP contribution in [0.3, 0.4) is 0 Å². The van der Waals surface area contributed by atoms with Gasteiger partial charge in [-0.25, -0.2) is 9.69 Å². The molecular weight excluding hydrogens is 604 g/mol. The Morgan fingerprint density at radius 2 is 1.56 bits per heavy atom. The van der Waals surface area contributed by atoms with Gasteiger partial charge >= 0.3 is 6.09 Å². The highest BCUT2D eigenvalue weighted by Gasteiger charge is 2.36. The number of ether oxygens (including phenoxy) is 2. The van der Waals surface area contributed by atoms with E-state index in [4.69, 9.17) is 15.2 Å². The lowest BCUT2D eigenvalue weighted by atomic mass is 9.84. The maximum atomic E-state index is 14.2. The molecule has 3 N–H and O–H groups in total. The molecule has 0 radical (unpaired) electrons. The number of hydrogen-bond donors (Lipinski definition) is 2. The van der Waals surface area contributed by atoms with Crippen molar-refractivity contribution in [2.24, 2.45) is 5.73 Å². The van der Waals surface area contributed by atoms with Crippen molar-refractivity contribution in [3.05, 3.63) is 138 Å². The van der Waals surface area contributed by atoms with Crippen molar-refractivity contribution in [1.29, 1.82) is 0 Å². The van der Waals surface area contributed by atoms with Crippen molar-refractivity contribution in [1.82, 2.24) is 20.3 Å². The van der Waals surface area contributed by atoms with Crippen molar-refractivity contribution >= 4 is 17.7 Å². The molecular formula is C38H40N6O4. The first kappa shape index (κ1) is 32.8. The summed E-state index contributed by atoms with van der Waals surface area (Å²) in [5, 5.41) is 12.2. The Labute approximate surface area is 280 Å². The standard InChI is InChI=1S/C38H40N6O4/c1-47-38(46)44(37(45)36(39)35(29-16-7-3-8-17-29)30-18-9-4-10-19-30)34-20-12-11-15-28(34)21-22-32-23-40-31(26-48-32)24-43-25-33(41-42-43)27-13-5-2-6-14-27/h2-20,25,31-32,35-36,40H,21-24,26,39H2,1H3/t31-,32-,36+/m1/s1. The lowest BCUT2D eigenvalue weighted by Gasteiger charge is -2.31. The van der Waals surface area contributed by atoms with E-state index in [0.717, 1.165) is 32.8 Å². The SMILES string of the molecule is COC(=O)N(C(=O)[C@@H](N)C(c1ccccc1)c1ccccc1)c1ccccc1CC[C@@H]1CN[C@H](Cn2cc(-c3ccccc3)nn2)CO1. The van der Waals surface area contributed by atoms with E-state index >= 15 is 0 Å². The van der Waals surface area contributed by atoms with Gasteiger partial charge in [-0.15, -0.1) is 5.10 Å². The molecule has 0 spiro atoms. The van der Waals surface area contributed by atoms with Gasteiger partial charge < -0.3 is 20.5 Å². The van der Waals surface area contributed by atoms with Gasteiger partial charge in [-0.2, -0.15) is 0 Å². The number of imide groups is 1. The second-order valence-corrected chi connectivity index (χ2v) is 11.9. The molecule has 2 heterocycles. The third kappa shape index (κ3) is 7.69. The smallest absolute Gasteiger partial charge is 0.420 e. The van der Waals surface area contributed by atoms with E-state index in [-0.39, 0.29) is 12.1 Å². The zero-order chi connectivity index (χ0) is 33.3. The number of amides is 2. The molecule has 10 heteroatoms. The van der Waals surface area contributed by atoms with Crippen molar-refractivity contribution < 1.29 is 19.1 Å². The molecule has 5 aromatic rings. The van der Waals surface area contributed by atoms with Crippen LogP contribution in [0.4, 0.5) is 10.5 Å². The maximum Gasteiger partial charge on any atom is 0.420 e. The summed E-state index contributed by atoms with van der Waals surface area (Å²) in [6.45, 7) is 1.82. The Kier molecular flexibility index (Phi) is 10.7. The Morgan fingerprint density at radius 1 is 0.938 bits per heavy atom. The maximum absolute atomic E-state index is 14.2. The van der Waals surface area contributed by atoms with Crippen LogP contribution in [0, 0.1) is 0 Å². The summed E-state index contributed by atoms with van der Waals surface area (Å²) in [6.07, 6.45) is 2.37. The first-order chi connectivity index (χ1) is 23.5. The highest BCUT2D eigenvalue weighted by Crippen LogP contribution is 2.31. The number of nitrogens with zero attached hydrogens (tertiary/aromatic N) is 4. The van der Waals surface area contributed by atoms with Gasteiger partial charge in [0.25, 0.3) is 5.91 Å². The minimum atomic E-state index is -1.06. The van der Waals surface area contributed by atoms with Gasteiger partial charge in [-0.3, -0.25) is 9.48 Å². The number of nitrogens with one attached hydrogen (secondary N) is 1. The zero-order valence-corrected chi connectivity index (χ0v) is 26.9. The van der Waals surface area contributed by atoms with Crippen LogP contribution in [0.1, 0.15) is 29.0 Å². The van der Waals surface area contributed by atoms with Crippen LogP contribution in [0.15, 0.2) is 121 Å². The predicted molar refractivity (Wildman–Crippen MR) is 184 cm³/mol. The van der Waals surface area contributed by atoms with Crippen molar-refractivity contribution in [2.75, 3.05) is 25.2 Å². The van der Waals surface area contributed by atoms with Crippen LogP contribution in [-0.4, -0.2) is 65.4 Å². The minimum Gasteiger partial charge on any atom is -0.452 e. The molecule has 1 aromatic heterocycles. The summed E-state index contributed by atoms with van der Waals surface area (Å²) >= 11 is 0. The van der Waals surface area contributed by atoms with E-state index in [1.54, 1.807) is 12.1 Å². The monoisotopic (exact) mass is 644 g/mol. The van der Waals surface area contributed by atoms with Gasteiger partial charge in [-0.1, -0.05) is 114 Å². The fraction of sp³-hybridized carbons (Fsp3) is 0.263. The Morgan fingerprint density at radius 3 is 2.19 bits per heavy atom. The Hall–Kier alpha value is -5.16.